The molecule has 2 atom stereocenters. The first-order valence-electron chi connectivity index (χ1n) is 5.43. The zero-order valence-electron chi connectivity index (χ0n) is 10.0. The number of carboxylic acids is 1. The standard InChI is InChI=1S/C10H18N2O4S/c1-7(3-4-16-2)11-10(15)12-6-17-5-8(12)9(13)14/h7-8H,3-6H2,1-2H3,(H,11,15)(H,13,14)/t7?,8-/m0/s1. The largest absolute Gasteiger partial charge is 0.480 e. The topological polar surface area (TPSA) is 78.9 Å². The van der Waals surface area contributed by atoms with Crippen LogP contribution in [-0.2, 0) is 9.53 Å². The smallest absolute Gasteiger partial charge is 0.327 e. The lowest BCUT2D eigenvalue weighted by Crippen LogP contribution is -2.49. The fourth-order valence-corrected chi connectivity index (χ4v) is 2.65. The number of urea groups is 1. The van der Waals surface area contributed by atoms with E-state index in [9.17, 15) is 9.59 Å². The van der Waals surface area contributed by atoms with Crippen LogP contribution in [0, 0.1) is 0 Å². The van der Waals surface area contributed by atoms with Gasteiger partial charge in [0, 0.05) is 25.5 Å². The van der Waals surface area contributed by atoms with Gasteiger partial charge in [-0.25, -0.2) is 9.59 Å². The number of carbonyl (C=O) groups excluding carboxylic acids is 1. The van der Waals surface area contributed by atoms with E-state index in [-0.39, 0.29) is 12.1 Å². The molecule has 7 heteroatoms. The van der Waals surface area contributed by atoms with Crippen molar-refractivity contribution < 1.29 is 19.4 Å². The quantitative estimate of drug-likeness (QED) is 0.757. The van der Waals surface area contributed by atoms with Crippen molar-refractivity contribution in [2.24, 2.45) is 0 Å². The van der Waals surface area contributed by atoms with E-state index in [4.69, 9.17) is 9.84 Å². The number of rotatable bonds is 5. The summed E-state index contributed by atoms with van der Waals surface area (Å²) in [5.41, 5.74) is 0. The summed E-state index contributed by atoms with van der Waals surface area (Å²) in [5, 5.41) is 11.7. The highest BCUT2D eigenvalue weighted by atomic mass is 32.2. The van der Waals surface area contributed by atoms with Crippen LogP contribution in [0.5, 0.6) is 0 Å². The molecule has 2 amide bonds. The molecule has 98 valence electrons. The Hall–Kier alpha value is -0.950. The lowest BCUT2D eigenvalue weighted by Gasteiger charge is -2.23. The van der Waals surface area contributed by atoms with Crippen molar-refractivity contribution in [2.45, 2.75) is 25.4 Å². The summed E-state index contributed by atoms with van der Waals surface area (Å²) in [5.74, 6) is -0.0654. The summed E-state index contributed by atoms with van der Waals surface area (Å²) < 4.78 is 4.92. The summed E-state index contributed by atoms with van der Waals surface area (Å²) in [6.07, 6.45) is 0.709. The van der Waals surface area contributed by atoms with Crippen LogP contribution in [-0.4, -0.2) is 59.4 Å². The van der Waals surface area contributed by atoms with Gasteiger partial charge < -0.3 is 20.1 Å². The van der Waals surface area contributed by atoms with Crippen molar-refractivity contribution in [3.8, 4) is 0 Å². The molecule has 0 aliphatic carbocycles. The normalized spacial score (nSPS) is 21.3. The Kier molecular flexibility index (Phi) is 5.57. The van der Waals surface area contributed by atoms with E-state index in [0.29, 0.717) is 24.7 Å². The molecule has 0 aromatic rings. The van der Waals surface area contributed by atoms with Gasteiger partial charge in [-0.15, -0.1) is 11.8 Å². The molecule has 0 aromatic carbocycles. The van der Waals surface area contributed by atoms with E-state index in [0.717, 1.165) is 0 Å². The molecule has 0 bridgehead atoms. The van der Waals surface area contributed by atoms with Crippen molar-refractivity contribution in [3.05, 3.63) is 0 Å². The SMILES string of the molecule is COCCC(C)NC(=O)N1CSC[C@H]1C(=O)O. The zero-order valence-corrected chi connectivity index (χ0v) is 10.8. The van der Waals surface area contributed by atoms with Gasteiger partial charge in [-0.3, -0.25) is 0 Å². The minimum Gasteiger partial charge on any atom is -0.480 e. The lowest BCUT2D eigenvalue weighted by atomic mass is 10.2. The molecule has 1 heterocycles. The Bertz CT molecular complexity index is 287. The number of carbonyl (C=O) groups is 2. The number of thioether (sulfide) groups is 1. The predicted molar refractivity (Wildman–Crippen MR) is 65.1 cm³/mol. The monoisotopic (exact) mass is 262 g/mol. The van der Waals surface area contributed by atoms with E-state index >= 15 is 0 Å². The number of nitrogens with one attached hydrogen (secondary N) is 1. The molecule has 1 saturated heterocycles. The first-order valence-corrected chi connectivity index (χ1v) is 6.58. The number of methoxy groups -OCH3 is 1. The number of ether oxygens (including phenoxy) is 1. The van der Waals surface area contributed by atoms with Gasteiger partial charge in [0.1, 0.15) is 6.04 Å². The number of aliphatic carboxylic acids is 1. The average molecular weight is 262 g/mol. The summed E-state index contributed by atoms with van der Waals surface area (Å²) in [6.45, 7) is 2.44. The van der Waals surface area contributed by atoms with Crippen LogP contribution in [0.2, 0.25) is 0 Å². The molecule has 1 aliphatic rings. The molecule has 0 radical (unpaired) electrons. The fourth-order valence-electron chi connectivity index (χ4n) is 1.51. The lowest BCUT2D eigenvalue weighted by molar-refractivity contribution is -0.140. The van der Waals surface area contributed by atoms with Crippen LogP contribution >= 0.6 is 11.8 Å². The highest BCUT2D eigenvalue weighted by molar-refractivity contribution is 7.99. The maximum atomic E-state index is 11.8. The first-order chi connectivity index (χ1) is 8.06. The highest BCUT2D eigenvalue weighted by Gasteiger charge is 2.34. The molecule has 1 rings (SSSR count). The van der Waals surface area contributed by atoms with Gasteiger partial charge in [-0.1, -0.05) is 0 Å². The fraction of sp³-hybridized carbons (Fsp3) is 0.800. The summed E-state index contributed by atoms with van der Waals surface area (Å²) in [7, 11) is 1.60. The van der Waals surface area contributed by atoms with E-state index in [2.05, 4.69) is 5.32 Å². The van der Waals surface area contributed by atoms with Crippen molar-refractivity contribution in [1.82, 2.24) is 10.2 Å². The molecule has 1 fully saturated rings. The number of hydrogen-bond acceptors (Lipinski definition) is 4. The van der Waals surface area contributed by atoms with E-state index in [1.807, 2.05) is 6.92 Å². The number of hydrogen-bond donors (Lipinski definition) is 2. The second-order valence-corrected chi connectivity index (χ2v) is 4.96. The second-order valence-electron chi connectivity index (χ2n) is 3.96. The predicted octanol–water partition coefficient (Wildman–Crippen LogP) is 0.580. The molecule has 17 heavy (non-hydrogen) atoms. The summed E-state index contributed by atoms with van der Waals surface area (Å²) in [6, 6.07) is -1.05. The molecule has 0 saturated carbocycles. The molecular formula is C10H18N2O4S. The maximum absolute atomic E-state index is 11.8. The average Bonchev–Trinajstić information content (AvgIpc) is 2.75. The molecule has 0 aromatic heterocycles. The van der Waals surface area contributed by atoms with E-state index in [1.165, 1.54) is 16.7 Å². The molecule has 1 unspecified atom stereocenters. The minimum absolute atomic E-state index is 0.0255. The van der Waals surface area contributed by atoms with Gasteiger partial charge in [-0.05, 0) is 13.3 Å². The van der Waals surface area contributed by atoms with Gasteiger partial charge >= 0.3 is 12.0 Å². The Morgan fingerprint density at radius 1 is 1.65 bits per heavy atom. The number of carboxylic acid groups (broad SMARTS) is 1. The third-order valence-electron chi connectivity index (χ3n) is 2.55. The van der Waals surface area contributed by atoms with Crippen molar-refractivity contribution in [2.75, 3.05) is 25.3 Å². The zero-order chi connectivity index (χ0) is 12.8. The third kappa shape index (κ3) is 4.08. The van der Waals surface area contributed by atoms with E-state index < -0.39 is 12.0 Å². The van der Waals surface area contributed by atoms with Gasteiger partial charge in [0.2, 0.25) is 0 Å². The van der Waals surface area contributed by atoms with E-state index in [1.54, 1.807) is 7.11 Å². The Labute approximate surface area is 105 Å². The van der Waals surface area contributed by atoms with Crippen LogP contribution in [0.25, 0.3) is 0 Å². The van der Waals surface area contributed by atoms with Crippen molar-refractivity contribution >= 4 is 23.8 Å². The van der Waals surface area contributed by atoms with Gasteiger partial charge in [0.05, 0.1) is 5.88 Å². The Balaban J connectivity index is 2.43. The van der Waals surface area contributed by atoms with Crippen LogP contribution in [0.4, 0.5) is 4.79 Å². The first kappa shape index (κ1) is 14.1. The molecular weight excluding hydrogens is 244 g/mol. The van der Waals surface area contributed by atoms with Crippen LogP contribution in [0.1, 0.15) is 13.3 Å². The van der Waals surface area contributed by atoms with Crippen LogP contribution in [0.3, 0.4) is 0 Å². The van der Waals surface area contributed by atoms with Crippen LogP contribution in [0.15, 0.2) is 0 Å². The Morgan fingerprint density at radius 3 is 2.94 bits per heavy atom. The van der Waals surface area contributed by atoms with Gasteiger partial charge in [-0.2, -0.15) is 0 Å². The summed E-state index contributed by atoms with van der Waals surface area (Å²) in [4.78, 5) is 24.1. The molecule has 0 spiro atoms. The van der Waals surface area contributed by atoms with Gasteiger partial charge in [0.15, 0.2) is 0 Å². The van der Waals surface area contributed by atoms with Crippen molar-refractivity contribution in [3.63, 3.8) is 0 Å². The third-order valence-corrected chi connectivity index (χ3v) is 3.57. The molecule has 6 nitrogen and oxygen atoms in total. The molecule has 2 N–H and O–H groups in total. The van der Waals surface area contributed by atoms with Crippen LogP contribution < -0.4 is 5.32 Å². The minimum atomic E-state index is -0.949. The highest BCUT2D eigenvalue weighted by Crippen LogP contribution is 2.21. The molecule has 1 aliphatic heterocycles. The van der Waals surface area contributed by atoms with Gasteiger partial charge in [0.25, 0.3) is 0 Å². The summed E-state index contributed by atoms with van der Waals surface area (Å²) >= 11 is 1.45. The van der Waals surface area contributed by atoms with Crippen molar-refractivity contribution in [1.29, 1.82) is 0 Å². The number of amides is 2. The second kappa shape index (κ2) is 6.70. The Morgan fingerprint density at radius 2 is 2.35 bits per heavy atom. The number of nitrogens with zero attached hydrogens (tertiary/aromatic N) is 1. The maximum Gasteiger partial charge on any atom is 0.327 e.